The largest absolute Gasteiger partial charge is 0.463 e. The number of carbonyl (C=O) groups excluding carboxylic acids is 1. The van der Waals surface area contributed by atoms with Crippen LogP contribution in [0.5, 0.6) is 0 Å². The predicted molar refractivity (Wildman–Crippen MR) is 109 cm³/mol. The van der Waals surface area contributed by atoms with Crippen molar-refractivity contribution in [1.82, 2.24) is 0 Å². The van der Waals surface area contributed by atoms with Crippen LogP contribution >= 0.6 is 11.6 Å². The Labute approximate surface area is 170 Å². The van der Waals surface area contributed by atoms with Gasteiger partial charge in [0.25, 0.3) is 0 Å². The molecule has 5 heteroatoms. The molecule has 0 aliphatic carbocycles. The maximum Gasteiger partial charge on any atom is 0.302 e. The summed E-state index contributed by atoms with van der Waals surface area (Å²) in [6.45, 7) is 3.37. The fourth-order valence-corrected chi connectivity index (χ4v) is 3.42. The molecule has 1 heterocycles. The Kier molecular flexibility index (Phi) is 6.89. The molecule has 4 nitrogen and oxygen atoms in total. The van der Waals surface area contributed by atoms with Gasteiger partial charge < -0.3 is 14.6 Å². The summed E-state index contributed by atoms with van der Waals surface area (Å²) >= 11 is 6.43. The highest BCUT2D eigenvalue weighted by molar-refractivity contribution is 6.31. The van der Waals surface area contributed by atoms with Gasteiger partial charge in [-0.15, -0.1) is 0 Å². The Hall–Kier alpha value is -2.14. The van der Waals surface area contributed by atoms with E-state index >= 15 is 0 Å². The van der Waals surface area contributed by atoms with Crippen molar-refractivity contribution in [3.05, 3.63) is 81.9 Å². The van der Waals surface area contributed by atoms with Gasteiger partial charge in [-0.05, 0) is 48.1 Å². The zero-order valence-corrected chi connectivity index (χ0v) is 16.9. The van der Waals surface area contributed by atoms with Crippen molar-refractivity contribution in [3.63, 3.8) is 0 Å². The van der Waals surface area contributed by atoms with E-state index in [0.717, 1.165) is 28.7 Å². The summed E-state index contributed by atoms with van der Waals surface area (Å²) < 4.78 is 11.1. The molecule has 0 saturated carbocycles. The third kappa shape index (κ3) is 5.44. The Morgan fingerprint density at radius 2 is 2.04 bits per heavy atom. The fraction of sp³-hybridized carbons (Fsp3) is 0.348. The number of halogens is 1. The molecule has 0 fully saturated rings. The standard InChI is InChI=1S/C23H25ClO4/c1-15(25)18-8-6-17(7-9-18)12-20-13-19(10-11-22(20)24)23-5-3-4-21(28-23)14-27-16(2)26/h3-4,6-11,13,15,21,23,25H,5,12,14H2,1-2H3/t15?,21-,23+/m1/s1. The monoisotopic (exact) mass is 400 g/mol. The fourth-order valence-electron chi connectivity index (χ4n) is 3.24. The number of hydrogen-bond acceptors (Lipinski definition) is 4. The molecule has 0 bridgehead atoms. The van der Waals surface area contributed by atoms with Crippen molar-refractivity contribution < 1.29 is 19.4 Å². The van der Waals surface area contributed by atoms with E-state index in [2.05, 4.69) is 12.1 Å². The van der Waals surface area contributed by atoms with Crippen molar-refractivity contribution in [2.75, 3.05) is 6.61 Å². The van der Waals surface area contributed by atoms with E-state index < -0.39 is 6.10 Å². The van der Waals surface area contributed by atoms with Gasteiger partial charge in [-0.1, -0.05) is 60.2 Å². The van der Waals surface area contributed by atoms with Gasteiger partial charge in [-0.25, -0.2) is 0 Å². The summed E-state index contributed by atoms with van der Waals surface area (Å²) in [7, 11) is 0. The second-order valence-corrected chi connectivity index (χ2v) is 7.48. The zero-order chi connectivity index (χ0) is 20.1. The number of aliphatic hydroxyl groups is 1. The summed E-state index contributed by atoms with van der Waals surface area (Å²) in [5.41, 5.74) is 4.10. The maximum absolute atomic E-state index is 11.0. The van der Waals surface area contributed by atoms with Gasteiger partial charge in [0.2, 0.25) is 0 Å². The molecule has 1 N–H and O–H groups in total. The number of esters is 1. The number of hydrogen-bond donors (Lipinski definition) is 1. The average molecular weight is 401 g/mol. The Morgan fingerprint density at radius 3 is 2.71 bits per heavy atom. The van der Waals surface area contributed by atoms with Crippen LogP contribution in [-0.2, 0) is 20.7 Å². The lowest BCUT2D eigenvalue weighted by Crippen LogP contribution is -2.24. The van der Waals surface area contributed by atoms with E-state index in [0.29, 0.717) is 11.4 Å². The molecule has 1 unspecified atom stereocenters. The molecule has 0 aromatic heterocycles. The zero-order valence-electron chi connectivity index (χ0n) is 16.1. The van der Waals surface area contributed by atoms with Gasteiger partial charge in [0, 0.05) is 11.9 Å². The number of ether oxygens (including phenoxy) is 2. The third-order valence-corrected chi connectivity index (χ3v) is 5.16. The summed E-state index contributed by atoms with van der Waals surface area (Å²) in [6, 6.07) is 13.9. The van der Waals surface area contributed by atoms with E-state index in [9.17, 15) is 9.90 Å². The molecule has 3 rings (SSSR count). The first-order chi connectivity index (χ1) is 13.4. The lowest BCUT2D eigenvalue weighted by molar-refractivity contribution is -0.145. The van der Waals surface area contributed by atoms with Crippen molar-refractivity contribution in [2.24, 2.45) is 0 Å². The molecule has 2 aromatic carbocycles. The van der Waals surface area contributed by atoms with Crippen LogP contribution in [0.2, 0.25) is 5.02 Å². The van der Waals surface area contributed by atoms with Gasteiger partial charge >= 0.3 is 5.97 Å². The first-order valence-electron chi connectivity index (χ1n) is 9.43. The third-order valence-electron chi connectivity index (χ3n) is 4.79. The molecule has 0 amide bonds. The number of carbonyl (C=O) groups is 1. The first-order valence-corrected chi connectivity index (χ1v) is 9.81. The summed E-state index contributed by atoms with van der Waals surface area (Å²) in [4.78, 5) is 11.0. The van der Waals surface area contributed by atoms with Crippen LogP contribution in [-0.4, -0.2) is 23.8 Å². The van der Waals surface area contributed by atoms with Crippen molar-refractivity contribution in [1.29, 1.82) is 0 Å². The van der Waals surface area contributed by atoms with Crippen LogP contribution in [0, 0.1) is 0 Å². The SMILES string of the molecule is CC(=O)OC[C@H]1C=CC[C@@H](c2ccc(Cl)c(Cc3ccc(C(C)O)cc3)c2)O1. The van der Waals surface area contributed by atoms with E-state index in [1.807, 2.05) is 42.5 Å². The van der Waals surface area contributed by atoms with E-state index in [1.54, 1.807) is 6.92 Å². The van der Waals surface area contributed by atoms with Crippen LogP contribution < -0.4 is 0 Å². The quantitative estimate of drug-likeness (QED) is 0.551. The summed E-state index contributed by atoms with van der Waals surface area (Å²) in [6.07, 6.45) is 4.64. The highest BCUT2D eigenvalue weighted by Crippen LogP contribution is 2.31. The van der Waals surface area contributed by atoms with Crippen LogP contribution in [0.4, 0.5) is 0 Å². The Bertz CT molecular complexity index is 842. The predicted octanol–water partition coefficient (Wildman–Crippen LogP) is 4.93. The highest BCUT2D eigenvalue weighted by atomic mass is 35.5. The van der Waals surface area contributed by atoms with Gasteiger partial charge in [0.15, 0.2) is 0 Å². The lowest BCUT2D eigenvalue weighted by atomic mass is 9.97. The molecular weight excluding hydrogens is 376 g/mol. The van der Waals surface area contributed by atoms with Crippen molar-refractivity contribution in [3.8, 4) is 0 Å². The normalized spacial score (nSPS) is 20.0. The summed E-state index contributed by atoms with van der Waals surface area (Å²) in [5.74, 6) is -0.311. The van der Waals surface area contributed by atoms with Crippen LogP contribution in [0.15, 0.2) is 54.6 Å². The van der Waals surface area contributed by atoms with Gasteiger partial charge in [-0.3, -0.25) is 4.79 Å². The maximum atomic E-state index is 11.0. The minimum absolute atomic E-state index is 0.0980. The molecule has 2 aromatic rings. The van der Waals surface area contributed by atoms with Gasteiger partial charge in [0.05, 0.1) is 12.2 Å². The first kappa shape index (κ1) is 20.6. The minimum Gasteiger partial charge on any atom is -0.463 e. The topological polar surface area (TPSA) is 55.8 Å². The Morgan fingerprint density at radius 1 is 1.29 bits per heavy atom. The van der Waals surface area contributed by atoms with Crippen LogP contribution in [0.1, 0.15) is 54.7 Å². The van der Waals surface area contributed by atoms with Gasteiger partial charge in [-0.2, -0.15) is 0 Å². The molecule has 0 radical (unpaired) electrons. The smallest absolute Gasteiger partial charge is 0.302 e. The molecular formula is C23H25ClO4. The number of aliphatic hydroxyl groups excluding tert-OH is 1. The lowest BCUT2D eigenvalue weighted by Gasteiger charge is -2.26. The van der Waals surface area contributed by atoms with Crippen LogP contribution in [0.3, 0.4) is 0 Å². The van der Waals surface area contributed by atoms with E-state index in [1.165, 1.54) is 6.92 Å². The number of rotatable bonds is 6. The molecule has 0 saturated heterocycles. The van der Waals surface area contributed by atoms with Crippen LogP contribution in [0.25, 0.3) is 0 Å². The second-order valence-electron chi connectivity index (χ2n) is 7.07. The average Bonchev–Trinajstić information content (AvgIpc) is 2.68. The van der Waals surface area contributed by atoms with Crippen molar-refractivity contribution in [2.45, 2.75) is 45.0 Å². The van der Waals surface area contributed by atoms with Crippen molar-refractivity contribution >= 4 is 17.6 Å². The molecule has 148 valence electrons. The minimum atomic E-state index is -0.475. The molecule has 28 heavy (non-hydrogen) atoms. The van der Waals surface area contributed by atoms with Gasteiger partial charge in [0.1, 0.15) is 12.7 Å². The molecule has 1 aliphatic rings. The molecule has 3 atom stereocenters. The molecule has 1 aliphatic heterocycles. The second kappa shape index (κ2) is 9.37. The molecule has 0 spiro atoms. The Balaban J connectivity index is 1.72. The summed E-state index contributed by atoms with van der Waals surface area (Å²) in [5, 5.41) is 10.4. The van der Waals surface area contributed by atoms with E-state index in [4.69, 9.17) is 21.1 Å². The number of benzene rings is 2. The van der Waals surface area contributed by atoms with E-state index in [-0.39, 0.29) is 24.8 Å². The highest BCUT2D eigenvalue weighted by Gasteiger charge is 2.21.